The second-order valence-electron chi connectivity index (χ2n) is 9.05. The number of fused-ring (bicyclic) bond motifs is 1. The number of anilines is 1. The van der Waals surface area contributed by atoms with Crippen LogP contribution in [0.4, 0.5) is 5.88 Å². The van der Waals surface area contributed by atoms with E-state index in [-0.39, 0.29) is 18.5 Å². The zero-order chi connectivity index (χ0) is 24.3. The summed E-state index contributed by atoms with van der Waals surface area (Å²) in [5.74, 6) is 2.20. The molecular formula is C28H27N3O5. The number of benzene rings is 2. The third-order valence-electron chi connectivity index (χ3n) is 6.64. The van der Waals surface area contributed by atoms with Crippen molar-refractivity contribution >= 4 is 11.8 Å². The van der Waals surface area contributed by atoms with E-state index < -0.39 is 0 Å². The first-order chi connectivity index (χ1) is 17.8. The highest BCUT2D eigenvalue weighted by Gasteiger charge is 2.28. The van der Waals surface area contributed by atoms with Crippen LogP contribution in [-0.4, -0.2) is 35.8 Å². The summed E-state index contributed by atoms with van der Waals surface area (Å²) >= 11 is 0. The summed E-state index contributed by atoms with van der Waals surface area (Å²) < 4.78 is 22.4. The normalized spacial score (nSPS) is 14.7. The zero-order valence-corrected chi connectivity index (χ0v) is 19.9. The van der Waals surface area contributed by atoms with E-state index in [1.807, 2.05) is 48.5 Å². The molecule has 1 saturated heterocycles. The number of amides is 1. The molecule has 2 aliphatic rings. The van der Waals surface area contributed by atoms with Gasteiger partial charge in [0, 0.05) is 25.2 Å². The molecule has 1 fully saturated rings. The van der Waals surface area contributed by atoms with Crippen LogP contribution in [0, 0.1) is 0 Å². The third kappa shape index (κ3) is 4.42. The molecule has 0 unspecified atom stereocenters. The minimum Gasteiger partial charge on any atom is -0.459 e. The molecule has 0 atom stereocenters. The maximum absolute atomic E-state index is 13.6. The van der Waals surface area contributed by atoms with Crippen molar-refractivity contribution in [3.05, 3.63) is 83.8 Å². The Labute approximate surface area is 209 Å². The van der Waals surface area contributed by atoms with Crippen LogP contribution in [0.1, 0.15) is 40.9 Å². The molecule has 8 nitrogen and oxygen atoms in total. The molecule has 0 N–H and O–H groups in total. The van der Waals surface area contributed by atoms with Gasteiger partial charge in [-0.25, -0.2) is 0 Å². The average Bonchev–Trinajstić information content (AvgIpc) is 3.70. The van der Waals surface area contributed by atoms with Crippen molar-refractivity contribution in [1.29, 1.82) is 0 Å². The lowest BCUT2D eigenvalue weighted by molar-refractivity contribution is 0.0697. The number of nitrogens with zero attached hydrogens (tertiary/aromatic N) is 3. The van der Waals surface area contributed by atoms with Crippen LogP contribution in [0.15, 0.2) is 75.9 Å². The number of piperidine rings is 1. The maximum atomic E-state index is 13.6. The van der Waals surface area contributed by atoms with Gasteiger partial charge >= 0.3 is 0 Å². The lowest BCUT2D eigenvalue weighted by Crippen LogP contribution is -2.33. The highest BCUT2D eigenvalue weighted by molar-refractivity contribution is 5.91. The van der Waals surface area contributed by atoms with Gasteiger partial charge in [-0.15, -0.1) is 0 Å². The Kier molecular flexibility index (Phi) is 6.07. The average molecular weight is 486 g/mol. The van der Waals surface area contributed by atoms with Crippen LogP contribution in [0.25, 0.3) is 11.3 Å². The first-order valence-corrected chi connectivity index (χ1v) is 12.3. The largest absolute Gasteiger partial charge is 0.459 e. The van der Waals surface area contributed by atoms with Gasteiger partial charge in [0.2, 0.25) is 12.7 Å². The van der Waals surface area contributed by atoms with E-state index in [1.54, 1.807) is 17.0 Å². The number of carbonyl (C=O) groups excluding carboxylic acids is 1. The zero-order valence-electron chi connectivity index (χ0n) is 19.9. The Morgan fingerprint density at radius 2 is 1.75 bits per heavy atom. The van der Waals surface area contributed by atoms with Gasteiger partial charge in [-0.05, 0) is 49.1 Å². The molecule has 4 aromatic rings. The number of hydrogen-bond acceptors (Lipinski definition) is 7. The fraction of sp³-hybridized carbons (Fsp3) is 0.286. The third-order valence-corrected chi connectivity index (χ3v) is 6.64. The summed E-state index contributed by atoms with van der Waals surface area (Å²) in [6, 6.07) is 19.1. The SMILES string of the molecule is O=C(c1ccco1)N(Cc1ccc2c(c1)OCO2)Cc1c(-c2ccccc2)noc1N1CCCCC1. The van der Waals surface area contributed by atoms with Crippen LogP contribution in [0.5, 0.6) is 11.5 Å². The van der Waals surface area contributed by atoms with E-state index >= 15 is 0 Å². The number of rotatable bonds is 7. The molecule has 184 valence electrons. The second-order valence-corrected chi connectivity index (χ2v) is 9.05. The Balaban J connectivity index is 1.38. The van der Waals surface area contributed by atoms with Gasteiger partial charge in [-0.3, -0.25) is 4.79 Å². The van der Waals surface area contributed by atoms with Gasteiger partial charge in [0.1, 0.15) is 5.69 Å². The number of carbonyl (C=O) groups is 1. The van der Waals surface area contributed by atoms with Crippen molar-refractivity contribution in [3.8, 4) is 22.8 Å². The van der Waals surface area contributed by atoms with Crippen LogP contribution >= 0.6 is 0 Å². The van der Waals surface area contributed by atoms with Crippen molar-refractivity contribution in [1.82, 2.24) is 10.1 Å². The van der Waals surface area contributed by atoms with E-state index in [2.05, 4.69) is 10.1 Å². The molecule has 6 rings (SSSR count). The summed E-state index contributed by atoms with van der Waals surface area (Å²) in [5, 5.41) is 4.48. The highest BCUT2D eigenvalue weighted by atomic mass is 16.7. The molecule has 0 bridgehead atoms. The predicted molar refractivity (Wildman–Crippen MR) is 133 cm³/mol. The van der Waals surface area contributed by atoms with Crippen LogP contribution in [0.3, 0.4) is 0 Å². The number of aromatic nitrogens is 1. The summed E-state index contributed by atoms with van der Waals surface area (Å²) in [4.78, 5) is 17.6. The van der Waals surface area contributed by atoms with Gasteiger partial charge in [0.05, 0.1) is 18.4 Å². The summed E-state index contributed by atoms with van der Waals surface area (Å²) in [6.45, 7) is 2.69. The quantitative estimate of drug-likeness (QED) is 0.342. The predicted octanol–water partition coefficient (Wildman–Crippen LogP) is 5.50. The molecule has 4 heterocycles. The lowest BCUT2D eigenvalue weighted by Gasteiger charge is -2.28. The molecule has 2 aromatic carbocycles. The molecule has 2 aliphatic heterocycles. The molecule has 0 spiro atoms. The molecule has 36 heavy (non-hydrogen) atoms. The standard InChI is InChI=1S/C28H27N3O5/c32-27(24-10-7-15-33-24)31(17-20-11-12-23-25(16-20)35-19-34-23)18-22-26(21-8-3-1-4-9-21)29-36-28(22)30-13-5-2-6-14-30/h1,3-4,7-12,15-16H,2,5-6,13-14,17-19H2. The van der Waals surface area contributed by atoms with E-state index in [4.69, 9.17) is 18.4 Å². The number of ether oxygens (including phenoxy) is 2. The maximum Gasteiger partial charge on any atom is 0.290 e. The van der Waals surface area contributed by atoms with Gasteiger partial charge in [0.15, 0.2) is 17.3 Å². The van der Waals surface area contributed by atoms with Gasteiger partial charge in [0.25, 0.3) is 5.91 Å². The summed E-state index contributed by atoms with van der Waals surface area (Å²) in [7, 11) is 0. The van der Waals surface area contributed by atoms with Crippen molar-refractivity contribution < 1.29 is 23.2 Å². The monoisotopic (exact) mass is 485 g/mol. The van der Waals surface area contributed by atoms with Crippen LogP contribution < -0.4 is 14.4 Å². The smallest absolute Gasteiger partial charge is 0.290 e. The molecule has 0 saturated carbocycles. The minimum absolute atomic E-state index is 0.203. The fourth-order valence-corrected chi connectivity index (χ4v) is 4.82. The molecule has 1 amide bonds. The molecular weight excluding hydrogens is 458 g/mol. The van der Waals surface area contributed by atoms with Crippen molar-refractivity contribution in [2.75, 3.05) is 24.8 Å². The van der Waals surface area contributed by atoms with Crippen LogP contribution in [-0.2, 0) is 13.1 Å². The Hall–Kier alpha value is -4.20. The van der Waals surface area contributed by atoms with Gasteiger partial charge in [-0.2, -0.15) is 0 Å². The molecule has 0 radical (unpaired) electrons. The van der Waals surface area contributed by atoms with Gasteiger partial charge in [-0.1, -0.05) is 41.6 Å². The number of hydrogen-bond donors (Lipinski definition) is 0. The van der Waals surface area contributed by atoms with Crippen molar-refractivity contribution in [2.45, 2.75) is 32.4 Å². The Bertz CT molecular complexity index is 1330. The van der Waals surface area contributed by atoms with E-state index in [0.717, 1.165) is 54.2 Å². The molecule has 0 aliphatic carbocycles. The van der Waals surface area contributed by atoms with E-state index in [1.165, 1.54) is 12.7 Å². The van der Waals surface area contributed by atoms with Gasteiger partial charge < -0.3 is 28.2 Å². The topological polar surface area (TPSA) is 81.2 Å². The van der Waals surface area contributed by atoms with E-state index in [0.29, 0.717) is 24.6 Å². The number of furan rings is 1. The van der Waals surface area contributed by atoms with Crippen molar-refractivity contribution in [2.24, 2.45) is 0 Å². The summed E-state index contributed by atoms with van der Waals surface area (Å²) in [5.41, 5.74) is 3.52. The first kappa shape index (κ1) is 22.3. The van der Waals surface area contributed by atoms with Crippen LogP contribution in [0.2, 0.25) is 0 Å². The molecule has 8 heteroatoms. The lowest BCUT2D eigenvalue weighted by atomic mass is 10.0. The van der Waals surface area contributed by atoms with E-state index in [9.17, 15) is 4.79 Å². The fourth-order valence-electron chi connectivity index (χ4n) is 4.82. The minimum atomic E-state index is -0.206. The second kappa shape index (κ2) is 9.81. The van der Waals surface area contributed by atoms with Crippen molar-refractivity contribution in [3.63, 3.8) is 0 Å². The first-order valence-electron chi connectivity index (χ1n) is 12.3. The molecule has 2 aromatic heterocycles. The highest BCUT2D eigenvalue weighted by Crippen LogP contribution is 2.36. The Morgan fingerprint density at radius 3 is 2.56 bits per heavy atom. The Morgan fingerprint density at radius 1 is 0.917 bits per heavy atom. The summed E-state index contributed by atoms with van der Waals surface area (Å²) in [6.07, 6.45) is 4.93.